The minimum absolute atomic E-state index is 0.0585. The maximum absolute atomic E-state index is 14.1. The third-order valence-electron chi connectivity index (χ3n) is 13.4. The summed E-state index contributed by atoms with van der Waals surface area (Å²) in [5, 5.41) is 19.0. The number of benzene rings is 2. The van der Waals surface area contributed by atoms with Gasteiger partial charge in [0.15, 0.2) is 37.2 Å². The van der Waals surface area contributed by atoms with E-state index in [0.29, 0.717) is 0 Å². The van der Waals surface area contributed by atoms with Crippen molar-refractivity contribution in [3.05, 3.63) is 124 Å². The lowest BCUT2D eigenvalue weighted by Gasteiger charge is -2.47. The topological polar surface area (TPSA) is 460 Å². The minimum Gasteiger partial charge on any atom is -0.463 e. The number of amides is 1. The summed E-state index contributed by atoms with van der Waals surface area (Å²) in [5.74, 6) is -4.67. The molecule has 1 saturated carbocycles. The number of nitrogens with zero attached hydrogens (tertiary/aromatic N) is 16. The van der Waals surface area contributed by atoms with Gasteiger partial charge in [-0.3, -0.25) is 28.9 Å². The maximum atomic E-state index is 14.1. The molecule has 1 amide bonds. The zero-order valence-electron chi connectivity index (χ0n) is 45.6. The summed E-state index contributed by atoms with van der Waals surface area (Å²) in [6.45, 7) is 5.53. The number of rotatable bonds is 24. The maximum Gasteiger partial charge on any atom is 0.410 e. The van der Waals surface area contributed by atoms with Crippen LogP contribution in [0.1, 0.15) is 71.9 Å². The lowest BCUT2D eigenvalue weighted by molar-refractivity contribution is -0.294. The Labute approximate surface area is 472 Å². The van der Waals surface area contributed by atoms with Gasteiger partial charge in [-0.2, -0.15) is 0 Å². The monoisotopic (exact) mass is 1160 g/mol. The first kappa shape index (κ1) is 63.6. The molecule has 0 aromatic heterocycles. The fraction of sp³-hybridized carbons (Fsp3) is 0.633. The van der Waals surface area contributed by atoms with Gasteiger partial charge in [-0.1, -0.05) is 86.2 Å². The molecule has 3 heterocycles. The molecule has 34 heteroatoms. The second-order valence-corrected chi connectivity index (χ2v) is 19.2. The van der Waals surface area contributed by atoms with E-state index in [1.54, 1.807) is 43.3 Å². The number of hydrogen-bond donors (Lipinski definition) is 0. The molecule has 4 aliphatic rings. The lowest BCUT2D eigenvalue weighted by atomic mass is 9.83. The van der Waals surface area contributed by atoms with E-state index in [-0.39, 0.29) is 32.4 Å². The van der Waals surface area contributed by atoms with Crippen molar-refractivity contribution in [3.8, 4) is 0 Å². The van der Waals surface area contributed by atoms with E-state index < -0.39 is 159 Å². The van der Waals surface area contributed by atoms with Crippen molar-refractivity contribution in [3.63, 3.8) is 0 Å². The first-order chi connectivity index (χ1) is 39.9. The number of ether oxygens (including phenoxy) is 12. The predicted octanol–water partition coefficient (Wildman–Crippen LogP) is 7.04. The van der Waals surface area contributed by atoms with Gasteiger partial charge >= 0.3 is 35.9 Å². The van der Waals surface area contributed by atoms with Gasteiger partial charge in [-0.05, 0) is 65.0 Å². The van der Waals surface area contributed by atoms with Crippen molar-refractivity contribution < 1.29 is 85.6 Å². The van der Waals surface area contributed by atoms with E-state index in [4.69, 9.17) is 56.8 Å². The number of esters is 5. The molecule has 0 radical (unpaired) electrons. The highest BCUT2D eigenvalue weighted by atomic mass is 16.8. The molecular formula is C49H60N16O18. The van der Waals surface area contributed by atoms with Gasteiger partial charge in [0.2, 0.25) is 0 Å². The van der Waals surface area contributed by atoms with Crippen LogP contribution in [0, 0.1) is 0 Å². The molecule has 2 aromatic carbocycles. The van der Waals surface area contributed by atoms with Crippen molar-refractivity contribution >= 4 is 35.9 Å². The minimum atomic E-state index is -1.95. The quantitative estimate of drug-likeness (QED) is 0.0334. The third-order valence-corrected chi connectivity index (χ3v) is 13.4. The Balaban J connectivity index is 1.42. The zero-order chi connectivity index (χ0) is 60.2. The van der Waals surface area contributed by atoms with Crippen LogP contribution in [0.4, 0.5) is 4.79 Å². The molecule has 2 aromatic rings. The fourth-order valence-electron chi connectivity index (χ4n) is 9.97. The molecule has 3 aliphatic heterocycles. The fourth-order valence-corrected chi connectivity index (χ4v) is 9.97. The van der Waals surface area contributed by atoms with Gasteiger partial charge < -0.3 is 56.8 Å². The second kappa shape index (κ2) is 31.0. The van der Waals surface area contributed by atoms with Crippen molar-refractivity contribution in [2.45, 2.75) is 184 Å². The summed E-state index contributed by atoms with van der Waals surface area (Å²) in [5.41, 5.74) is 50.3. The molecular weight excluding hydrogens is 1100 g/mol. The molecule has 0 bridgehead atoms. The third kappa shape index (κ3) is 17.4. The molecule has 0 spiro atoms. The first-order valence-corrected chi connectivity index (χ1v) is 25.8. The van der Waals surface area contributed by atoms with Crippen LogP contribution in [-0.4, -0.2) is 164 Å². The Morgan fingerprint density at radius 3 is 1.66 bits per heavy atom. The van der Waals surface area contributed by atoms with Crippen LogP contribution < -0.4 is 0 Å². The van der Waals surface area contributed by atoms with Gasteiger partial charge in [-0.15, -0.1) is 0 Å². The Kier molecular flexibility index (Phi) is 23.7. The normalized spacial score (nSPS) is 30.2. The average molecular weight is 1160 g/mol. The summed E-state index contributed by atoms with van der Waals surface area (Å²) in [4.78, 5) is 93.7. The summed E-state index contributed by atoms with van der Waals surface area (Å²) < 4.78 is 72.6. The summed E-state index contributed by atoms with van der Waals surface area (Å²) >= 11 is 0. The highest BCUT2D eigenvalue weighted by molar-refractivity contribution is 5.69. The van der Waals surface area contributed by atoms with Crippen molar-refractivity contribution in [2.24, 2.45) is 25.6 Å². The van der Waals surface area contributed by atoms with Gasteiger partial charge in [0, 0.05) is 65.7 Å². The molecule has 4 fully saturated rings. The number of carbonyl (C=O) groups excluding carboxylic acids is 6. The first-order valence-electron chi connectivity index (χ1n) is 25.8. The van der Waals surface area contributed by atoms with Crippen LogP contribution in [0.15, 0.2) is 86.2 Å². The molecule has 6 rings (SSSR count). The van der Waals surface area contributed by atoms with E-state index in [0.717, 1.165) is 45.7 Å². The van der Waals surface area contributed by atoms with Crippen LogP contribution in [0.25, 0.3) is 52.2 Å². The molecule has 444 valence electrons. The number of carbonyl (C=O) groups is 6. The van der Waals surface area contributed by atoms with Crippen LogP contribution in [0.5, 0.6) is 0 Å². The molecule has 18 unspecified atom stereocenters. The molecule has 0 N–H and O–H groups in total. The highest BCUT2D eigenvalue weighted by Gasteiger charge is 2.58. The van der Waals surface area contributed by atoms with Gasteiger partial charge in [0.05, 0.1) is 42.9 Å². The SMILES string of the molecule is CC(=O)OCC1OC(OC2C(OC(C)=O)C(N=[N+]=[N-])CC(N=[N+]=[N-])C2OC2OC(C(C)N(Cc3ccccc3)C(=O)OCc3ccccc3)CCC2N=[N+]=[N-])C(OC(C)=O)C1OC1OC(CN=[N+]=[N-])C(OC(C)=O)C(OC(C)=O)C1N=[N+]=[N-]. The van der Waals surface area contributed by atoms with Crippen molar-refractivity contribution in [1.29, 1.82) is 0 Å². The Morgan fingerprint density at radius 2 is 1.07 bits per heavy atom. The van der Waals surface area contributed by atoms with Crippen LogP contribution in [0.2, 0.25) is 0 Å². The lowest BCUT2D eigenvalue weighted by Crippen LogP contribution is -2.62. The summed E-state index contributed by atoms with van der Waals surface area (Å²) in [7, 11) is 0. The van der Waals surface area contributed by atoms with E-state index in [2.05, 4.69) is 50.1 Å². The molecule has 18 atom stereocenters. The molecule has 83 heavy (non-hydrogen) atoms. The van der Waals surface area contributed by atoms with Crippen LogP contribution in [0.3, 0.4) is 0 Å². The smallest absolute Gasteiger partial charge is 0.410 e. The molecule has 3 saturated heterocycles. The van der Waals surface area contributed by atoms with E-state index >= 15 is 0 Å². The molecule has 34 nitrogen and oxygen atoms in total. The van der Waals surface area contributed by atoms with E-state index in [1.165, 1.54) is 4.90 Å². The standard InChI is InChI=1S/C49H60N16O18/c1-24(65(21-30-13-9-7-10-14-30)49(71)73-22-31-15-11-8-12-16-31)35-18-17-32(56-61-51)46(78-35)81-40-34(58-63-53)19-33(57-62-52)39(74-26(3)67)44(40)83-48-45(77-29(6)70)42(37(80-48)23-72-25(2)66)82-47-38(59-64-54)43(76-28(5)69)41(75-27(4)68)36(79-47)20-55-60-50/h7-16,24,32-48H,17-23H2,1-6H3. The van der Waals surface area contributed by atoms with Crippen molar-refractivity contribution in [1.82, 2.24) is 4.90 Å². The number of azide groups is 5. The largest absolute Gasteiger partial charge is 0.463 e. The van der Waals surface area contributed by atoms with Gasteiger partial charge in [-0.25, -0.2) is 4.79 Å². The summed E-state index contributed by atoms with van der Waals surface area (Å²) in [6, 6.07) is 11.6. The predicted molar refractivity (Wildman–Crippen MR) is 277 cm³/mol. The van der Waals surface area contributed by atoms with Crippen molar-refractivity contribution in [2.75, 3.05) is 13.2 Å². The Hall–Kier alpha value is -8.63. The van der Waals surface area contributed by atoms with Gasteiger partial charge in [0.1, 0.15) is 49.8 Å². The zero-order valence-corrected chi connectivity index (χ0v) is 45.6. The van der Waals surface area contributed by atoms with Crippen LogP contribution >= 0.6 is 0 Å². The Morgan fingerprint density at radius 1 is 0.542 bits per heavy atom. The van der Waals surface area contributed by atoms with E-state index in [1.807, 2.05) is 24.3 Å². The van der Waals surface area contributed by atoms with E-state index in [9.17, 15) is 56.4 Å². The van der Waals surface area contributed by atoms with Gasteiger partial charge in [0.25, 0.3) is 0 Å². The number of hydrogen-bond acceptors (Lipinski definition) is 23. The average Bonchev–Trinajstić information content (AvgIpc) is 3.95. The second-order valence-electron chi connectivity index (χ2n) is 19.2. The summed E-state index contributed by atoms with van der Waals surface area (Å²) in [6.07, 6.45) is -22.2. The Bertz CT molecular complexity index is 2850. The van der Waals surface area contributed by atoms with Crippen LogP contribution in [-0.2, 0) is 94.0 Å². The highest BCUT2D eigenvalue weighted by Crippen LogP contribution is 2.41. The molecule has 1 aliphatic carbocycles.